The summed E-state index contributed by atoms with van der Waals surface area (Å²) >= 11 is 0. The highest BCUT2D eigenvalue weighted by Crippen LogP contribution is 2.08. The number of anilines is 1. The quantitative estimate of drug-likeness (QED) is 0.464. The summed E-state index contributed by atoms with van der Waals surface area (Å²) in [6, 6.07) is 17.0. The van der Waals surface area contributed by atoms with E-state index in [1.807, 2.05) is 61.5 Å². The van der Waals surface area contributed by atoms with E-state index in [2.05, 4.69) is 20.9 Å². The number of benzene rings is 2. The van der Waals surface area contributed by atoms with Gasteiger partial charge in [0.1, 0.15) is 0 Å². The SMILES string of the molecule is Cc1cccc(NCC(=O)NN=Cc2c(C)[nH]n(-c3ccccc3)c2=O)c1. The van der Waals surface area contributed by atoms with Gasteiger partial charge < -0.3 is 5.32 Å². The molecule has 7 heteroatoms. The fourth-order valence-corrected chi connectivity index (χ4v) is 2.62. The van der Waals surface area contributed by atoms with Crippen molar-refractivity contribution in [3.63, 3.8) is 0 Å². The summed E-state index contributed by atoms with van der Waals surface area (Å²) in [6.45, 7) is 3.85. The molecule has 0 saturated heterocycles. The summed E-state index contributed by atoms with van der Waals surface area (Å²) in [6.07, 6.45) is 1.36. The van der Waals surface area contributed by atoms with Crippen molar-refractivity contribution in [3.8, 4) is 5.69 Å². The second kappa shape index (κ2) is 8.18. The first-order valence-electron chi connectivity index (χ1n) is 8.54. The molecule has 27 heavy (non-hydrogen) atoms. The van der Waals surface area contributed by atoms with Crippen LogP contribution in [0.4, 0.5) is 5.69 Å². The first-order valence-corrected chi connectivity index (χ1v) is 8.54. The molecule has 3 aromatic rings. The van der Waals surface area contributed by atoms with Gasteiger partial charge in [0.05, 0.1) is 24.0 Å². The third kappa shape index (κ3) is 4.52. The largest absolute Gasteiger partial charge is 0.376 e. The van der Waals surface area contributed by atoms with Crippen LogP contribution in [0.1, 0.15) is 16.8 Å². The minimum Gasteiger partial charge on any atom is -0.376 e. The molecular formula is C20H21N5O2. The van der Waals surface area contributed by atoms with Crippen molar-refractivity contribution >= 4 is 17.8 Å². The number of nitrogens with one attached hydrogen (secondary N) is 3. The molecule has 0 aliphatic rings. The van der Waals surface area contributed by atoms with Gasteiger partial charge in [-0.1, -0.05) is 30.3 Å². The number of hydrogen-bond donors (Lipinski definition) is 3. The number of rotatable bonds is 6. The van der Waals surface area contributed by atoms with Crippen LogP contribution in [0.25, 0.3) is 5.69 Å². The number of aromatic nitrogens is 2. The van der Waals surface area contributed by atoms with E-state index in [1.54, 1.807) is 6.92 Å². The first-order chi connectivity index (χ1) is 13.0. The second-order valence-electron chi connectivity index (χ2n) is 6.14. The molecule has 0 unspecified atom stereocenters. The number of aryl methyl sites for hydroxylation is 2. The van der Waals surface area contributed by atoms with E-state index in [1.165, 1.54) is 10.9 Å². The van der Waals surface area contributed by atoms with Crippen LogP contribution in [0.2, 0.25) is 0 Å². The van der Waals surface area contributed by atoms with Crippen LogP contribution in [-0.2, 0) is 4.79 Å². The van der Waals surface area contributed by atoms with Crippen LogP contribution in [0, 0.1) is 13.8 Å². The van der Waals surface area contributed by atoms with Crippen LogP contribution < -0.4 is 16.3 Å². The molecule has 0 spiro atoms. The average Bonchev–Trinajstić information content (AvgIpc) is 2.95. The molecule has 138 valence electrons. The molecule has 0 bridgehead atoms. The van der Waals surface area contributed by atoms with Gasteiger partial charge in [0.2, 0.25) is 0 Å². The Bertz CT molecular complexity index is 1020. The Morgan fingerprint density at radius 3 is 2.67 bits per heavy atom. The Labute approximate surface area is 156 Å². The number of amides is 1. The summed E-state index contributed by atoms with van der Waals surface area (Å²) in [5.74, 6) is -0.302. The number of para-hydroxylation sites is 1. The molecule has 0 atom stereocenters. The van der Waals surface area contributed by atoms with Gasteiger partial charge in [0.15, 0.2) is 0 Å². The van der Waals surface area contributed by atoms with Crippen LogP contribution in [0.15, 0.2) is 64.5 Å². The van der Waals surface area contributed by atoms with Crippen LogP contribution >= 0.6 is 0 Å². The summed E-state index contributed by atoms with van der Waals surface area (Å²) in [7, 11) is 0. The Morgan fingerprint density at radius 1 is 1.15 bits per heavy atom. The number of aromatic amines is 1. The molecular weight excluding hydrogens is 342 g/mol. The van der Waals surface area contributed by atoms with Gasteiger partial charge in [-0.3, -0.25) is 14.7 Å². The highest BCUT2D eigenvalue weighted by Gasteiger charge is 2.10. The lowest BCUT2D eigenvalue weighted by atomic mass is 10.2. The first kappa shape index (κ1) is 18.2. The molecule has 3 N–H and O–H groups in total. The molecule has 0 aliphatic carbocycles. The highest BCUT2D eigenvalue weighted by molar-refractivity contribution is 5.84. The normalized spacial score (nSPS) is 10.9. The summed E-state index contributed by atoms with van der Waals surface area (Å²) in [5, 5.41) is 9.93. The average molecular weight is 363 g/mol. The number of H-pyrrole nitrogens is 1. The predicted molar refractivity (Wildman–Crippen MR) is 107 cm³/mol. The van der Waals surface area contributed by atoms with Crippen molar-refractivity contribution in [1.82, 2.24) is 15.2 Å². The lowest BCUT2D eigenvalue weighted by Crippen LogP contribution is -2.26. The van der Waals surface area contributed by atoms with Crippen molar-refractivity contribution in [3.05, 3.63) is 81.8 Å². The molecule has 7 nitrogen and oxygen atoms in total. The molecule has 3 rings (SSSR count). The summed E-state index contributed by atoms with van der Waals surface area (Å²) in [4.78, 5) is 24.4. The second-order valence-corrected chi connectivity index (χ2v) is 6.14. The molecule has 0 fully saturated rings. The molecule has 0 saturated carbocycles. The molecule has 1 amide bonds. The van der Waals surface area contributed by atoms with Crippen molar-refractivity contribution in [2.75, 3.05) is 11.9 Å². The number of nitrogens with zero attached hydrogens (tertiary/aromatic N) is 2. The Kier molecular flexibility index (Phi) is 5.51. The Hall–Kier alpha value is -3.61. The fourth-order valence-electron chi connectivity index (χ4n) is 2.62. The summed E-state index contributed by atoms with van der Waals surface area (Å²) < 4.78 is 1.44. The zero-order chi connectivity index (χ0) is 19.2. The topological polar surface area (TPSA) is 91.3 Å². The van der Waals surface area contributed by atoms with Crippen LogP contribution in [-0.4, -0.2) is 28.4 Å². The van der Waals surface area contributed by atoms with Gasteiger partial charge >= 0.3 is 0 Å². The number of carbonyl (C=O) groups excluding carboxylic acids is 1. The smallest absolute Gasteiger partial charge is 0.280 e. The zero-order valence-electron chi connectivity index (χ0n) is 15.2. The number of hydrogen-bond acceptors (Lipinski definition) is 4. The van der Waals surface area contributed by atoms with Gasteiger partial charge in [-0.25, -0.2) is 10.1 Å². The van der Waals surface area contributed by atoms with Gasteiger partial charge in [-0.2, -0.15) is 5.10 Å². The van der Waals surface area contributed by atoms with E-state index in [9.17, 15) is 9.59 Å². The van der Waals surface area contributed by atoms with Crippen LogP contribution in [0.3, 0.4) is 0 Å². The van der Waals surface area contributed by atoms with Crippen molar-refractivity contribution in [2.24, 2.45) is 5.10 Å². The number of hydrazone groups is 1. The van der Waals surface area contributed by atoms with E-state index in [0.717, 1.165) is 16.9 Å². The third-order valence-electron chi connectivity index (χ3n) is 3.99. The minimum atomic E-state index is -0.302. The van der Waals surface area contributed by atoms with Gasteiger partial charge in [0, 0.05) is 11.4 Å². The van der Waals surface area contributed by atoms with E-state index < -0.39 is 0 Å². The maximum absolute atomic E-state index is 12.5. The number of carbonyl (C=O) groups is 1. The highest BCUT2D eigenvalue weighted by atomic mass is 16.2. The van der Waals surface area contributed by atoms with E-state index in [0.29, 0.717) is 11.3 Å². The predicted octanol–water partition coefficient (Wildman–Crippen LogP) is 2.34. The van der Waals surface area contributed by atoms with Crippen molar-refractivity contribution in [1.29, 1.82) is 0 Å². The lowest BCUT2D eigenvalue weighted by Gasteiger charge is -2.05. The molecule has 2 aromatic carbocycles. The lowest BCUT2D eigenvalue weighted by molar-refractivity contribution is -0.119. The van der Waals surface area contributed by atoms with Crippen molar-refractivity contribution < 1.29 is 4.79 Å². The van der Waals surface area contributed by atoms with Gasteiger partial charge in [-0.15, -0.1) is 0 Å². The third-order valence-corrected chi connectivity index (χ3v) is 3.99. The zero-order valence-corrected chi connectivity index (χ0v) is 15.2. The molecule has 1 aromatic heterocycles. The maximum atomic E-state index is 12.5. The Balaban J connectivity index is 1.62. The molecule has 0 radical (unpaired) electrons. The summed E-state index contributed by atoms with van der Waals surface area (Å²) in [5.41, 5.74) is 5.96. The minimum absolute atomic E-state index is 0.0845. The van der Waals surface area contributed by atoms with E-state index in [-0.39, 0.29) is 18.0 Å². The van der Waals surface area contributed by atoms with Gasteiger partial charge in [0.25, 0.3) is 11.5 Å². The monoisotopic (exact) mass is 363 g/mol. The Morgan fingerprint density at radius 2 is 1.93 bits per heavy atom. The van der Waals surface area contributed by atoms with Crippen LogP contribution in [0.5, 0.6) is 0 Å². The van der Waals surface area contributed by atoms with Crippen molar-refractivity contribution in [2.45, 2.75) is 13.8 Å². The standard InChI is InChI=1S/C20H21N5O2/c1-14-7-6-8-16(11-14)21-13-19(26)23-22-12-18-15(2)24-25(20(18)27)17-9-4-3-5-10-17/h3-12,21,24H,13H2,1-2H3,(H,23,26). The molecule has 1 heterocycles. The fraction of sp³-hybridized carbons (Fsp3) is 0.150. The maximum Gasteiger partial charge on any atom is 0.280 e. The van der Waals surface area contributed by atoms with Gasteiger partial charge in [-0.05, 0) is 43.7 Å². The van der Waals surface area contributed by atoms with E-state index in [4.69, 9.17) is 0 Å². The van der Waals surface area contributed by atoms with E-state index >= 15 is 0 Å². The molecule has 0 aliphatic heterocycles.